The Morgan fingerprint density at radius 2 is 2.14 bits per heavy atom. The molecule has 0 aliphatic heterocycles. The molecule has 0 amide bonds. The number of nitrogens with zero attached hydrogens (tertiary/aromatic N) is 1. The maximum atomic E-state index is 11.0. The molecule has 0 bridgehead atoms. The molecule has 0 aliphatic rings. The summed E-state index contributed by atoms with van der Waals surface area (Å²) < 4.78 is 0. The van der Waals surface area contributed by atoms with Crippen molar-refractivity contribution in [2.75, 3.05) is 6.54 Å². The first-order valence-corrected chi connectivity index (χ1v) is 7.62. The van der Waals surface area contributed by atoms with Crippen LogP contribution in [0.2, 0.25) is 0 Å². The molecule has 2 N–H and O–H groups in total. The van der Waals surface area contributed by atoms with E-state index in [4.69, 9.17) is 0 Å². The monoisotopic (exact) mass is 306 g/mol. The van der Waals surface area contributed by atoms with Gasteiger partial charge in [0, 0.05) is 24.2 Å². The SMILES string of the molecule is Cc1ccc([C@H](C)NC[C@H](O)c2ccsc2)cc1[N+](=O)[O-]. The van der Waals surface area contributed by atoms with Crippen molar-refractivity contribution in [3.63, 3.8) is 0 Å². The molecule has 2 rings (SSSR count). The average Bonchev–Trinajstić information content (AvgIpc) is 2.98. The summed E-state index contributed by atoms with van der Waals surface area (Å²) in [5, 5.41) is 28.0. The number of hydrogen-bond donors (Lipinski definition) is 2. The van der Waals surface area contributed by atoms with E-state index >= 15 is 0 Å². The smallest absolute Gasteiger partial charge is 0.272 e. The predicted molar refractivity (Wildman–Crippen MR) is 83.5 cm³/mol. The minimum absolute atomic E-state index is 0.0717. The number of aryl methyl sites for hydroxylation is 1. The van der Waals surface area contributed by atoms with Crippen molar-refractivity contribution in [2.24, 2.45) is 0 Å². The lowest BCUT2D eigenvalue weighted by Gasteiger charge is -2.17. The van der Waals surface area contributed by atoms with E-state index in [-0.39, 0.29) is 16.7 Å². The lowest BCUT2D eigenvalue weighted by molar-refractivity contribution is -0.385. The van der Waals surface area contributed by atoms with Gasteiger partial charge in [0.05, 0.1) is 11.0 Å². The first kappa shape index (κ1) is 15.6. The molecule has 0 radical (unpaired) electrons. The maximum absolute atomic E-state index is 11.0. The van der Waals surface area contributed by atoms with Crippen LogP contribution in [0, 0.1) is 17.0 Å². The Labute approximate surface area is 127 Å². The molecule has 2 aromatic rings. The highest BCUT2D eigenvalue weighted by molar-refractivity contribution is 7.07. The van der Waals surface area contributed by atoms with Crippen LogP contribution in [-0.4, -0.2) is 16.6 Å². The van der Waals surface area contributed by atoms with Gasteiger partial charge >= 0.3 is 0 Å². The second-order valence-electron chi connectivity index (χ2n) is 5.01. The van der Waals surface area contributed by atoms with E-state index in [1.165, 1.54) is 0 Å². The topological polar surface area (TPSA) is 75.4 Å². The molecule has 0 saturated carbocycles. The van der Waals surface area contributed by atoms with Gasteiger partial charge in [0.15, 0.2) is 0 Å². The Morgan fingerprint density at radius 1 is 1.38 bits per heavy atom. The molecule has 0 fully saturated rings. The summed E-state index contributed by atoms with van der Waals surface area (Å²) in [6.07, 6.45) is -0.570. The van der Waals surface area contributed by atoms with Gasteiger partial charge in [-0.3, -0.25) is 10.1 Å². The van der Waals surface area contributed by atoms with Crippen molar-refractivity contribution >= 4 is 17.0 Å². The Morgan fingerprint density at radius 3 is 2.76 bits per heavy atom. The number of benzene rings is 1. The van der Waals surface area contributed by atoms with Crippen molar-refractivity contribution in [3.05, 3.63) is 61.8 Å². The van der Waals surface area contributed by atoms with Gasteiger partial charge in [-0.2, -0.15) is 11.3 Å². The van der Waals surface area contributed by atoms with E-state index in [0.29, 0.717) is 12.1 Å². The molecule has 6 heteroatoms. The van der Waals surface area contributed by atoms with Crippen LogP contribution in [0.1, 0.15) is 35.8 Å². The van der Waals surface area contributed by atoms with Crippen LogP contribution in [-0.2, 0) is 0 Å². The minimum atomic E-state index is -0.570. The largest absolute Gasteiger partial charge is 0.387 e. The lowest BCUT2D eigenvalue weighted by atomic mass is 10.0. The van der Waals surface area contributed by atoms with E-state index in [0.717, 1.165) is 11.1 Å². The summed E-state index contributed by atoms with van der Waals surface area (Å²) in [5.41, 5.74) is 2.49. The first-order valence-electron chi connectivity index (χ1n) is 6.67. The molecular weight excluding hydrogens is 288 g/mol. The van der Waals surface area contributed by atoms with Crippen molar-refractivity contribution in [1.29, 1.82) is 0 Å². The number of nitro benzene ring substituents is 1. The predicted octanol–water partition coefficient (Wildman–Crippen LogP) is 3.35. The van der Waals surface area contributed by atoms with E-state index in [1.807, 2.05) is 29.8 Å². The van der Waals surface area contributed by atoms with Crippen molar-refractivity contribution in [3.8, 4) is 0 Å². The summed E-state index contributed by atoms with van der Waals surface area (Å²) in [4.78, 5) is 10.6. The standard InChI is InChI=1S/C15H18N2O3S/c1-10-3-4-12(7-14(10)17(19)20)11(2)16-8-15(18)13-5-6-21-9-13/h3-7,9,11,15-16,18H,8H2,1-2H3/t11-,15-/m0/s1. The zero-order valence-corrected chi connectivity index (χ0v) is 12.8. The van der Waals surface area contributed by atoms with E-state index in [9.17, 15) is 15.2 Å². The Bertz CT molecular complexity index is 613. The zero-order valence-electron chi connectivity index (χ0n) is 11.9. The number of hydrogen-bond acceptors (Lipinski definition) is 5. The summed E-state index contributed by atoms with van der Waals surface area (Å²) in [7, 11) is 0. The number of thiophene rings is 1. The van der Waals surface area contributed by atoms with E-state index < -0.39 is 6.10 Å². The van der Waals surface area contributed by atoms with Crippen LogP contribution in [0.4, 0.5) is 5.69 Å². The van der Waals surface area contributed by atoms with Crippen LogP contribution in [0.5, 0.6) is 0 Å². The fourth-order valence-corrected chi connectivity index (χ4v) is 2.79. The summed E-state index contributed by atoms with van der Waals surface area (Å²) >= 11 is 1.54. The number of aliphatic hydroxyl groups excluding tert-OH is 1. The molecule has 0 unspecified atom stereocenters. The molecule has 2 atom stereocenters. The van der Waals surface area contributed by atoms with Gasteiger partial charge in [0.2, 0.25) is 0 Å². The van der Waals surface area contributed by atoms with Crippen LogP contribution in [0.3, 0.4) is 0 Å². The summed E-state index contributed by atoms with van der Waals surface area (Å²) in [6, 6.07) is 7.03. The van der Waals surface area contributed by atoms with Gasteiger partial charge in [-0.15, -0.1) is 0 Å². The fraction of sp³-hybridized carbons (Fsp3) is 0.333. The minimum Gasteiger partial charge on any atom is -0.387 e. The number of rotatable bonds is 6. The van der Waals surface area contributed by atoms with Gasteiger partial charge in [-0.25, -0.2) is 0 Å². The molecule has 21 heavy (non-hydrogen) atoms. The molecular formula is C15H18N2O3S. The second kappa shape index (κ2) is 6.80. The third kappa shape index (κ3) is 3.87. The van der Waals surface area contributed by atoms with Crippen molar-refractivity contribution in [2.45, 2.75) is 26.0 Å². The number of aliphatic hydroxyl groups is 1. The number of nitrogens with one attached hydrogen (secondary N) is 1. The first-order chi connectivity index (χ1) is 9.99. The molecule has 0 aliphatic carbocycles. The Balaban J connectivity index is 2.02. The quantitative estimate of drug-likeness (QED) is 0.634. The fourth-order valence-electron chi connectivity index (χ4n) is 2.08. The van der Waals surface area contributed by atoms with Crippen LogP contribution in [0.25, 0.3) is 0 Å². The molecule has 1 aromatic heterocycles. The normalized spacial score (nSPS) is 13.9. The van der Waals surface area contributed by atoms with Gasteiger partial charge in [0.1, 0.15) is 0 Å². The van der Waals surface area contributed by atoms with Crippen molar-refractivity contribution in [1.82, 2.24) is 5.32 Å². The second-order valence-corrected chi connectivity index (χ2v) is 5.79. The maximum Gasteiger partial charge on any atom is 0.272 e. The highest BCUT2D eigenvalue weighted by Crippen LogP contribution is 2.24. The molecule has 0 saturated heterocycles. The van der Waals surface area contributed by atoms with Gasteiger partial charge in [-0.05, 0) is 41.8 Å². The lowest BCUT2D eigenvalue weighted by Crippen LogP contribution is -2.24. The zero-order chi connectivity index (χ0) is 15.4. The molecule has 112 valence electrons. The van der Waals surface area contributed by atoms with Crippen LogP contribution >= 0.6 is 11.3 Å². The average molecular weight is 306 g/mol. The van der Waals surface area contributed by atoms with E-state index in [2.05, 4.69) is 5.32 Å². The highest BCUT2D eigenvalue weighted by atomic mass is 32.1. The highest BCUT2D eigenvalue weighted by Gasteiger charge is 2.15. The van der Waals surface area contributed by atoms with Gasteiger partial charge in [-0.1, -0.05) is 12.1 Å². The Kier molecular flexibility index (Phi) is 5.06. The van der Waals surface area contributed by atoms with E-state index in [1.54, 1.807) is 30.4 Å². The van der Waals surface area contributed by atoms with Gasteiger partial charge < -0.3 is 10.4 Å². The molecule has 5 nitrogen and oxygen atoms in total. The molecule has 0 spiro atoms. The van der Waals surface area contributed by atoms with Crippen LogP contribution < -0.4 is 5.32 Å². The molecule has 1 heterocycles. The Hall–Kier alpha value is -1.76. The third-order valence-corrected chi connectivity index (χ3v) is 4.18. The van der Waals surface area contributed by atoms with Gasteiger partial charge in [0.25, 0.3) is 5.69 Å². The summed E-state index contributed by atoms with van der Waals surface area (Å²) in [6.45, 7) is 4.05. The molecule has 1 aromatic carbocycles. The number of nitro groups is 1. The summed E-state index contributed by atoms with van der Waals surface area (Å²) in [5.74, 6) is 0. The van der Waals surface area contributed by atoms with Crippen LogP contribution in [0.15, 0.2) is 35.0 Å². The third-order valence-electron chi connectivity index (χ3n) is 3.48. The van der Waals surface area contributed by atoms with Crippen molar-refractivity contribution < 1.29 is 10.0 Å².